The van der Waals surface area contributed by atoms with E-state index in [-0.39, 0.29) is 5.97 Å². The first-order valence-corrected chi connectivity index (χ1v) is 9.15. The van der Waals surface area contributed by atoms with Gasteiger partial charge in [0, 0.05) is 11.4 Å². The van der Waals surface area contributed by atoms with Crippen LogP contribution >= 0.6 is 11.3 Å². The molecule has 4 heteroatoms. The first kappa shape index (κ1) is 16.3. The Morgan fingerprint density at radius 1 is 1.19 bits per heavy atom. The Balaban J connectivity index is 2.07. The summed E-state index contributed by atoms with van der Waals surface area (Å²) in [5.41, 5.74) is 2.08. The predicted octanol–water partition coefficient (Wildman–Crippen LogP) is 4.80. The molecule has 0 bridgehead atoms. The fourth-order valence-corrected chi connectivity index (χ4v) is 4.17. The number of esters is 1. The Hall–Kier alpha value is -1.03. The summed E-state index contributed by atoms with van der Waals surface area (Å²) in [5, 5.41) is 4.53. The van der Waals surface area contributed by atoms with Crippen LogP contribution in [0.1, 0.15) is 73.2 Å². The molecule has 0 unspecified atom stereocenters. The molecule has 3 nitrogen and oxygen atoms in total. The number of carbonyl (C=O) groups excluding carboxylic acids is 1. The van der Waals surface area contributed by atoms with E-state index in [2.05, 4.69) is 12.2 Å². The van der Waals surface area contributed by atoms with E-state index in [1.54, 1.807) is 11.3 Å². The molecular weight excluding hydrogens is 282 g/mol. The summed E-state index contributed by atoms with van der Waals surface area (Å²) in [6.07, 6.45) is 9.52. The Kier molecular flexibility index (Phi) is 6.55. The molecule has 1 aromatic heterocycles. The van der Waals surface area contributed by atoms with Crippen molar-refractivity contribution in [3.05, 3.63) is 16.0 Å². The maximum absolute atomic E-state index is 12.3. The van der Waals surface area contributed by atoms with Crippen LogP contribution in [0.3, 0.4) is 0 Å². The summed E-state index contributed by atoms with van der Waals surface area (Å²) < 4.78 is 5.27. The molecule has 1 aromatic rings. The fourth-order valence-electron chi connectivity index (χ4n) is 2.86. The zero-order valence-electron chi connectivity index (χ0n) is 13.3. The van der Waals surface area contributed by atoms with Gasteiger partial charge < -0.3 is 10.1 Å². The summed E-state index contributed by atoms with van der Waals surface area (Å²) in [4.78, 5) is 13.7. The van der Waals surface area contributed by atoms with Crippen LogP contribution in [0, 0.1) is 0 Å². The molecule has 1 N–H and O–H groups in total. The first-order valence-electron chi connectivity index (χ1n) is 8.33. The molecule has 2 rings (SSSR count). The third kappa shape index (κ3) is 4.22. The van der Waals surface area contributed by atoms with Gasteiger partial charge in [0.05, 0.1) is 12.2 Å². The number of nitrogens with one attached hydrogen (secondary N) is 1. The number of carbonyl (C=O) groups is 1. The Bertz CT molecular complexity index is 468. The maximum atomic E-state index is 12.3. The van der Waals surface area contributed by atoms with Crippen LogP contribution in [0.4, 0.5) is 5.00 Å². The van der Waals surface area contributed by atoms with Crippen LogP contribution in [0.15, 0.2) is 0 Å². The number of anilines is 1. The molecule has 0 amide bonds. The Morgan fingerprint density at radius 2 is 2.00 bits per heavy atom. The van der Waals surface area contributed by atoms with E-state index in [0.29, 0.717) is 6.61 Å². The summed E-state index contributed by atoms with van der Waals surface area (Å²) in [6, 6.07) is 0. The molecule has 0 atom stereocenters. The van der Waals surface area contributed by atoms with Crippen LogP contribution < -0.4 is 5.32 Å². The average Bonchev–Trinajstić information content (AvgIpc) is 2.85. The van der Waals surface area contributed by atoms with Crippen LogP contribution in [-0.4, -0.2) is 19.1 Å². The SMILES string of the molecule is CCCCCCNc1sc2c(c1C(=O)OCC)CCCC2. The highest BCUT2D eigenvalue weighted by atomic mass is 32.1. The molecular formula is C17H27NO2S. The van der Waals surface area contributed by atoms with Gasteiger partial charge in [0.2, 0.25) is 0 Å². The van der Waals surface area contributed by atoms with Gasteiger partial charge in [-0.05, 0) is 44.6 Å². The van der Waals surface area contributed by atoms with Crippen molar-refractivity contribution in [2.45, 2.75) is 65.2 Å². The van der Waals surface area contributed by atoms with E-state index in [9.17, 15) is 4.79 Å². The van der Waals surface area contributed by atoms with Crippen molar-refractivity contribution >= 4 is 22.3 Å². The third-order valence-electron chi connectivity index (χ3n) is 3.97. The van der Waals surface area contributed by atoms with Crippen LogP contribution in [0.25, 0.3) is 0 Å². The minimum absolute atomic E-state index is 0.145. The minimum Gasteiger partial charge on any atom is -0.462 e. The van der Waals surface area contributed by atoms with Gasteiger partial charge in [0.15, 0.2) is 0 Å². The van der Waals surface area contributed by atoms with Crippen LogP contribution in [0.2, 0.25) is 0 Å². The lowest BCUT2D eigenvalue weighted by Gasteiger charge is -2.12. The number of hydrogen-bond acceptors (Lipinski definition) is 4. The fraction of sp³-hybridized carbons (Fsp3) is 0.706. The molecule has 0 radical (unpaired) electrons. The van der Waals surface area contributed by atoms with Gasteiger partial charge in [-0.25, -0.2) is 4.79 Å². The molecule has 0 aliphatic heterocycles. The van der Waals surface area contributed by atoms with Gasteiger partial charge in [-0.2, -0.15) is 0 Å². The van der Waals surface area contributed by atoms with Gasteiger partial charge in [-0.15, -0.1) is 11.3 Å². The summed E-state index contributed by atoms with van der Waals surface area (Å²) in [7, 11) is 0. The van der Waals surface area contributed by atoms with Gasteiger partial charge in [0.1, 0.15) is 5.00 Å². The monoisotopic (exact) mass is 309 g/mol. The smallest absolute Gasteiger partial charge is 0.341 e. The van der Waals surface area contributed by atoms with Crippen LogP contribution in [0.5, 0.6) is 0 Å². The van der Waals surface area contributed by atoms with Crippen molar-refractivity contribution in [2.24, 2.45) is 0 Å². The van der Waals surface area contributed by atoms with Crippen molar-refractivity contribution in [1.29, 1.82) is 0 Å². The lowest BCUT2D eigenvalue weighted by Crippen LogP contribution is -2.12. The standard InChI is InChI=1S/C17H27NO2S/c1-3-5-6-9-12-18-16-15(17(19)20-4-2)13-10-7-8-11-14(13)21-16/h18H,3-12H2,1-2H3. The summed E-state index contributed by atoms with van der Waals surface area (Å²) in [5.74, 6) is -0.145. The topological polar surface area (TPSA) is 38.3 Å². The zero-order valence-corrected chi connectivity index (χ0v) is 14.1. The van der Waals surface area contributed by atoms with Crippen molar-refractivity contribution in [3.63, 3.8) is 0 Å². The lowest BCUT2D eigenvalue weighted by atomic mass is 9.95. The largest absolute Gasteiger partial charge is 0.462 e. The molecule has 0 saturated carbocycles. The molecule has 1 heterocycles. The highest BCUT2D eigenvalue weighted by Crippen LogP contribution is 2.38. The van der Waals surface area contributed by atoms with E-state index in [4.69, 9.17) is 4.74 Å². The number of rotatable bonds is 8. The molecule has 1 aliphatic carbocycles. The normalized spacial score (nSPS) is 13.8. The maximum Gasteiger partial charge on any atom is 0.341 e. The zero-order chi connectivity index (χ0) is 15.1. The number of fused-ring (bicyclic) bond motifs is 1. The minimum atomic E-state index is -0.145. The second-order valence-electron chi connectivity index (χ2n) is 5.62. The third-order valence-corrected chi connectivity index (χ3v) is 5.22. The number of aryl methyl sites for hydroxylation is 1. The average molecular weight is 309 g/mol. The molecule has 0 fully saturated rings. The van der Waals surface area contributed by atoms with E-state index < -0.39 is 0 Å². The number of unbranched alkanes of at least 4 members (excludes halogenated alkanes) is 3. The predicted molar refractivity (Wildman–Crippen MR) is 89.5 cm³/mol. The Morgan fingerprint density at radius 3 is 2.76 bits per heavy atom. The number of hydrogen-bond donors (Lipinski definition) is 1. The highest BCUT2D eigenvalue weighted by Gasteiger charge is 2.25. The number of ether oxygens (including phenoxy) is 1. The molecule has 0 spiro atoms. The second-order valence-corrected chi connectivity index (χ2v) is 6.73. The molecule has 0 aromatic carbocycles. The molecule has 118 valence electrons. The van der Waals surface area contributed by atoms with Gasteiger partial charge in [-0.1, -0.05) is 26.2 Å². The van der Waals surface area contributed by atoms with Gasteiger partial charge in [-0.3, -0.25) is 0 Å². The molecule has 0 saturated heterocycles. The van der Waals surface area contributed by atoms with Gasteiger partial charge in [0.25, 0.3) is 0 Å². The molecule has 1 aliphatic rings. The van der Waals surface area contributed by atoms with E-state index in [0.717, 1.165) is 30.0 Å². The van der Waals surface area contributed by atoms with Crippen LogP contribution in [-0.2, 0) is 17.6 Å². The summed E-state index contributed by atoms with van der Waals surface area (Å²) in [6.45, 7) is 5.49. The van der Waals surface area contributed by atoms with Crippen molar-refractivity contribution < 1.29 is 9.53 Å². The van der Waals surface area contributed by atoms with Gasteiger partial charge >= 0.3 is 5.97 Å². The lowest BCUT2D eigenvalue weighted by molar-refractivity contribution is 0.0526. The van der Waals surface area contributed by atoms with E-state index in [1.807, 2.05) is 6.92 Å². The van der Waals surface area contributed by atoms with Crippen molar-refractivity contribution in [3.8, 4) is 0 Å². The van der Waals surface area contributed by atoms with Crippen molar-refractivity contribution in [1.82, 2.24) is 0 Å². The Labute approximate surface area is 132 Å². The van der Waals surface area contributed by atoms with E-state index in [1.165, 1.54) is 49.0 Å². The first-order chi connectivity index (χ1) is 10.3. The van der Waals surface area contributed by atoms with Crippen molar-refractivity contribution in [2.75, 3.05) is 18.5 Å². The summed E-state index contributed by atoms with van der Waals surface area (Å²) >= 11 is 1.77. The quantitative estimate of drug-likeness (QED) is 0.554. The highest BCUT2D eigenvalue weighted by molar-refractivity contribution is 7.16. The van der Waals surface area contributed by atoms with E-state index >= 15 is 0 Å². The second kappa shape index (κ2) is 8.42. The number of thiophene rings is 1. The molecule has 21 heavy (non-hydrogen) atoms.